The minimum atomic E-state index is -0.272. The molecule has 4 heteroatoms. The first-order valence-electron chi connectivity index (χ1n) is 3.26. The van der Waals surface area contributed by atoms with E-state index in [1.807, 2.05) is 6.26 Å². The molecule has 0 aromatic rings. The lowest BCUT2D eigenvalue weighted by molar-refractivity contribution is 0.139. The molecule has 1 aliphatic heterocycles. The smallest absolute Gasteiger partial charge is 0.407 e. The third kappa shape index (κ3) is 2.10. The Morgan fingerprint density at radius 2 is 2.70 bits per heavy atom. The molecule has 1 heterocycles. The molecule has 10 heavy (non-hydrogen) atoms. The molecule has 1 rings (SSSR count). The number of hydrogen-bond donors (Lipinski definition) is 1. The van der Waals surface area contributed by atoms with Gasteiger partial charge in [-0.2, -0.15) is 11.8 Å². The first-order valence-corrected chi connectivity index (χ1v) is 4.65. The van der Waals surface area contributed by atoms with Gasteiger partial charge in [0, 0.05) is 0 Å². The highest BCUT2D eigenvalue weighted by molar-refractivity contribution is 7.98. The second kappa shape index (κ2) is 3.71. The zero-order valence-corrected chi connectivity index (χ0v) is 6.74. The number of thioether (sulfide) groups is 1. The van der Waals surface area contributed by atoms with Crippen LogP contribution in [0.15, 0.2) is 0 Å². The first-order chi connectivity index (χ1) is 4.83. The van der Waals surface area contributed by atoms with Crippen molar-refractivity contribution in [3.8, 4) is 0 Å². The second-order valence-corrected chi connectivity index (χ2v) is 3.18. The summed E-state index contributed by atoms with van der Waals surface area (Å²) in [6.45, 7) is 0.680. The lowest BCUT2D eigenvalue weighted by atomic mass is 10.3. The van der Waals surface area contributed by atoms with Gasteiger partial charge in [-0.1, -0.05) is 0 Å². The molecule has 1 fully saturated rings. The van der Waals surface area contributed by atoms with Crippen LogP contribution in [0.2, 0.25) is 0 Å². The molecule has 1 saturated heterocycles. The van der Waals surface area contributed by atoms with E-state index in [0.717, 1.165) is 12.2 Å². The molecule has 1 atom stereocenters. The monoisotopic (exact) mass is 161 g/mol. The maximum atomic E-state index is 10.5. The molecule has 0 bridgehead atoms. The number of rotatable bonds is 3. The number of cyclic esters (lactones) is 1. The standard InChI is InChI=1S/C6H11NO2S/c1-10-3-2-5-4-7-6(8)9-5/h5H,2-4H2,1H3,(H,7,8). The van der Waals surface area contributed by atoms with Crippen molar-refractivity contribution < 1.29 is 9.53 Å². The average molecular weight is 161 g/mol. The zero-order chi connectivity index (χ0) is 7.40. The minimum Gasteiger partial charge on any atom is -0.444 e. The van der Waals surface area contributed by atoms with E-state index >= 15 is 0 Å². The maximum absolute atomic E-state index is 10.5. The quantitative estimate of drug-likeness (QED) is 0.666. The van der Waals surface area contributed by atoms with Gasteiger partial charge in [-0.3, -0.25) is 0 Å². The highest BCUT2D eigenvalue weighted by atomic mass is 32.2. The Bertz CT molecular complexity index is 129. The maximum Gasteiger partial charge on any atom is 0.407 e. The number of amides is 1. The van der Waals surface area contributed by atoms with E-state index in [-0.39, 0.29) is 12.2 Å². The molecule has 0 aromatic carbocycles. The molecule has 1 unspecified atom stereocenters. The van der Waals surface area contributed by atoms with Crippen LogP contribution in [-0.4, -0.2) is 30.8 Å². The summed E-state index contributed by atoms with van der Waals surface area (Å²) in [4.78, 5) is 10.5. The minimum absolute atomic E-state index is 0.111. The lowest BCUT2D eigenvalue weighted by Crippen LogP contribution is -2.15. The normalized spacial score (nSPS) is 24.1. The predicted molar refractivity (Wildman–Crippen MR) is 41.3 cm³/mol. The fraction of sp³-hybridized carbons (Fsp3) is 0.833. The Hall–Kier alpha value is -0.380. The van der Waals surface area contributed by atoms with Gasteiger partial charge < -0.3 is 10.1 Å². The van der Waals surface area contributed by atoms with E-state index in [1.165, 1.54) is 0 Å². The molecule has 0 aliphatic carbocycles. The number of nitrogens with one attached hydrogen (secondary N) is 1. The Morgan fingerprint density at radius 3 is 3.20 bits per heavy atom. The van der Waals surface area contributed by atoms with Crippen molar-refractivity contribution in [3.05, 3.63) is 0 Å². The topological polar surface area (TPSA) is 38.3 Å². The summed E-state index contributed by atoms with van der Waals surface area (Å²) in [5.41, 5.74) is 0. The summed E-state index contributed by atoms with van der Waals surface area (Å²) in [6.07, 6.45) is 2.84. The second-order valence-electron chi connectivity index (χ2n) is 2.19. The lowest BCUT2D eigenvalue weighted by Gasteiger charge is -2.04. The van der Waals surface area contributed by atoms with Crippen molar-refractivity contribution in [1.82, 2.24) is 5.32 Å². The van der Waals surface area contributed by atoms with Gasteiger partial charge >= 0.3 is 6.09 Å². The third-order valence-corrected chi connectivity index (χ3v) is 2.04. The van der Waals surface area contributed by atoms with Crippen LogP contribution in [0.5, 0.6) is 0 Å². The van der Waals surface area contributed by atoms with E-state index in [0.29, 0.717) is 6.54 Å². The van der Waals surface area contributed by atoms with Crippen LogP contribution in [0, 0.1) is 0 Å². The van der Waals surface area contributed by atoms with Gasteiger partial charge in [0.1, 0.15) is 6.10 Å². The van der Waals surface area contributed by atoms with Crippen LogP contribution in [0.1, 0.15) is 6.42 Å². The van der Waals surface area contributed by atoms with Crippen molar-refractivity contribution >= 4 is 17.9 Å². The van der Waals surface area contributed by atoms with E-state index in [9.17, 15) is 4.79 Å². The summed E-state index contributed by atoms with van der Waals surface area (Å²) in [5.74, 6) is 1.06. The van der Waals surface area contributed by atoms with E-state index in [1.54, 1.807) is 11.8 Å². The van der Waals surface area contributed by atoms with Crippen molar-refractivity contribution in [2.75, 3.05) is 18.6 Å². The van der Waals surface area contributed by atoms with Gasteiger partial charge in [0.25, 0.3) is 0 Å². The van der Waals surface area contributed by atoms with Gasteiger partial charge in [-0.25, -0.2) is 4.79 Å². The number of carbonyl (C=O) groups excluding carboxylic acids is 1. The van der Waals surface area contributed by atoms with Gasteiger partial charge in [-0.15, -0.1) is 0 Å². The fourth-order valence-corrected chi connectivity index (χ4v) is 1.34. The molecule has 1 aliphatic rings. The molecule has 0 aromatic heterocycles. The van der Waals surface area contributed by atoms with Crippen molar-refractivity contribution in [1.29, 1.82) is 0 Å². The highest BCUT2D eigenvalue weighted by Crippen LogP contribution is 2.07. The molecule has 3 nitrogen and oxygen atoms in total. The van der Waals surface area contributed by atoms with Crippen LogP contribution >= 0.6 is 11.8 Å². The van der Waals surface area contributed by atoms with Crippen molar-refractivity contribution in [3.63, 3.8) is 0 Å². The average Bonchev–Trinajstić information content (AvgIpc) is 2.31. The molecule has 0 saturated carbocycles. The summed E-state index contributed by atoms with van der Waals surface area (Å²) in [7, 11) is 0. The van der Waals surface area contributed by atoms with Gasteiger partial charge in [0.2, 0.25) is 0 Å². The summed E-state index contributed by atoms with van der Waals surface area (Å²) < 4.78 is 4.90. The van der Waals surface area contributed by atoms with Gasteiger partial charge in [-0.05, 0) is 18.4 Å². The Balaban J connectivity index is 2.12. The van der Waals surface area contributed by atoms with Gasteiger partial charge in [0.15, 0.2) is 0 Å². The summed E-state index contributed by atoms with van der Waals surface area (Å²) in [5, 5.41) is 2.61. The fourth-order valence-electron chi connectivity index (χ4n) is 0.842. The van der Waals surface area contributed by atoms with Gasteiger partial charge in [0.05, 0.1) is 6.54 Å². The Labute approximate surface area is 64.5 Å². The molecule has 0 radical (unpaired) electrons. The molecule has 1 N–H and O–H groups in total. The molecule has 58 valence electrons. The van der Waals surface area contributed by atoms with Crippen LogP contribution in [0.3, 0.4) is 0 Å². The van der Waals surface area contributed by atoms with E-state index < -0.39 is 0 Å². The number of carbonyl (C=O) groups is 1. The summed E-state index contributed by atoms with van der Waals surface area (Å²) >= 11 is 1.77. The van der Waals surface area contributed by atoms with Crippen LogP contribution < -0.4 is 5.32 Å². The van der Waals surface area contributed by atoms with Crippen LogP contribution in [0.25, 0.3) is 0 Å². The number of ether oxygens (including phenoxy) is 1. The molecular formula is C6H11NO2S. The van der Waals surface area contributed by atoms with E-state index in [2.05, 4.69) is 5.32 Å². The SMILES string of the molecule is CSCCC1CNC(=O)O1. The van der Waals surface area contributed by atoms with Crippen molar-refractivity contribution in [2.45, 2.75) is 12.5 Å². The predicted octanol–water partition coefficient (Wildman–Crippen LogP) is 0.848. The molecule has 0 spiro atoms. The first kappa shape index (κ1) is 7.72. The molecular weight excluding hydrogens is 150 g/mol. The Morgan fingerprint density at radius 1 is 1.90 bits per heavy atom. The van der Waals surface area contributed by atoms with Crippen molar-refractivity contribution in [2.24, 2.45) is 0 Å². The van der Waals surface area contributed by atoms with Crippen LogP contribution in [0.4, 0.5) is 4.79 Å². The molecule has 1 amide bonds. The van der Waals surface area contributed by atoms with Crippen LogP contribution in [-0.2, 0) is 4.74 Å². The summed E-state index contributed by atoms with van der Waals surface area (Å²) in [6, 6.07) is 0. The number of alkyl carbamates (subject to hydrolysis) is 1. The largest absolute Gasteiger partial charge is 0.444 e. The highest BCUT2D eigenvalue weighted by Gasteiger charge is 2.21. The number of hydrogen-bond acceptors (Lipinski definition) is 3. The van der Waals surface area contributed by atoms with E-state index in [4.69, 9.17) is 4.74 Å². The third-order valence-electron chi connectivity index (χ3n) is 1.39. The zero-order valence-electron chi connectivity index (χ0n) is 5.92. The Kier molecular flexibility index (Phi) is 2.86.